The minimum Gasteiger partial charge on any atom is -0.430 e. The first kappa shape index (κ1) is 23.9. The van der Waals surface area contributed by atoms with Gasteiger partial charge in [-0.1, -0.05) is 0 Å². The van der Waals surface area contributed by atoms with Gasteiger partial charge in [0.1, 0.15) is 12.4 Å². The van der Waals surface area contributed by atoms with Crippen LogP contribution in [-0.4, -0.2) is 63.8 Å². The number of alkyl halides is 5. The van der Waals surface area contributed by atoms with E-state index in [2.05, 4.69) is 9.84 Å². The van der Waals surface area contributed by atoms with Crippen molar-refractivity contribution in [3.63, 3.8) is 0 Å². The Morgan fingerprint density at radius 2 is 1.91 bits per heavy atom. The van der Waals surface area contributed by atoms with E-state index < -0.39 is 30.9 Å². The van der Waals surface area contributed by atoms with Gasteiger partial charge in [-0.3, -0.25) is 0 Å². The fourth-order valence-corrected chi connectivity index (χ4v) is 3.35. The number of ether oxygens (including phenoxy) is 1. The van der Waals surface area contributed by atoms with Crippen LogP contribution >= 0.6 is 0 Å². The Bertz CT molecular complexity index is 931. The topological polar surface area (TPSA) is 67.6 Å². The number of hydrogen-bond acceptors (Lipinski definition) is 4. The summed E-state index contributed by atoms with van der Waals surface area (Å²) < 4.78 is 84.4. The summed E-state index contributed by atoms with van der Waals surface area (Å²) in [6.45, 7) is -0.688. The van der Waals surface area contributed by atoms with Crippen LogP contribution in [0.25, 0.3) is 5.69 Å². The van der Waals surface area contributed by atoms with Gasteiger partial charge in [0.15, 0.2) is 0 Å². The van der Waals surface area contributed by atoms with Crippen molar-refractivity contribution in [1.29, 1.82) is 0 Å². The lowest BCUT2D eigenvalue weighted by Crippen LogP contribution is -2.52. The summed E-state index contributed by atoms with van der Waals surface area (Å²) in [5.74, 6) is -5.26. The highest BCUT2D eigenvalue weighted by atomic mass is 19.4. The predicted molar refractivity (Wildman–Crippen MR) is 100.0 cm³/mol. The number of nitrogens with zero attached hydrogens (tertiary/aromatic N) is 3. The molecule has 1 unspecified atom stereocenters. The number of amides is 1. The second-order valence-electron chi connectivity index (χ2n) is 7.53. The lowest BCUT2D eigenvalue weighted by atomic mass is 10.2. The molecule has 1 aromatic heterocycles. The van der Waals surface area contributed by atoms with Gasteiger partial charge in [-0.2, -0.15) is 27.1 Å². The highest BCUT2D eigenvalue weighted by Crippen LogP contribution is 2.47. The van der Waals surface area contributed by atoms with E-state index in [4.69, 9.17) is 5.11 Å². The van der Waals surface area contributed by atoms with Crippen molar-refractivity contribution in [2.24, 2.45) is 5.92 Å². The zero-order chi connectivity index (χ0) is 23.7. The van der Waals surface area contributed by atoms with E-state index in [-0.39, 0.29) is 30.7 Å². The lowest BCUT2D eigenvalue weighted by Gasteiger charge is -2.29. The minimum atomic E-state index is -5.55. The number of carbonyl (C=O) groups is 1. The molecule has 0 bridgehead atoms. The molecule has 3 rings (SSSR count). The summed E-state index contributed by atoms with van der Waals surface area (Å²) in [7, 11) is 0. The van der Waals surface area contributed by atoms with E-state index in [1.165, 1.54) is 19.1 Å². The first-order valence-electron chi connectivity index (χ1n) is 9.78. The van der Waals surface area contributed by atoms with Gasteiger partial charge in [-0.15, -0.1) is 0 Å². The van der Waals surface area contributed by atoms with E-state index in [9.17, 15) is 31.1 Å². The molecule has 1 aliphatic carbocycles. The molecule has 0 spiro atoms. The number of aromatic nitrogens is 2. The second-order valence-corrected chi connectivity index (χ2v) is 7.53. The molecule has 1 saturated carbocycles. The van der Waals surface area contributed by atoms with Crippen molar-refractivity contribution < 1.29 is 41.0 Å². The predicted octanol–water partition coefficient (Wildman–Crippen LogP) is 4.13. The normalized spacial score (nSPS) is 19.5. The molecule has 1 aliphatic rings. The molecule has 1 fully saturated rings. The van der Waals surface area contributed by atoms with E-state index in [0.29, 0.717) is 17.8 Å². The van der Waals surface area contributed by atoms with Crippen molar-refractivity contribution in [2.75, 3.05) is 19.7 Å². The van der Waals surface area contributed by atoms with Crippen LogP contribution in [0.15, 0.2) is 36.5 Å². The van der Waals surface area contributed by atoms with E-state index >= 15 is 0 Å². The molecule has 1 N–H and O–H groups in total. The van der Waals surface area contributed by atoms with Crippen molar-refractivity contribution in [3.8, 4) is 5.69 Å². The van der Waals surface area contributed by atoms with Gasteiger partial charge in [-0.05, 0) is 49.6 Å². The number of halogens is 6. The van der Waals surface area contributed by atoms with Gasteiger partial charge in [0.05, 0.1) is 11.4 Å². The summed E-state index contributed by atoms with van der Waals surface area (Å²) in [5, 5.41) is 13.0. The van der Waals surface area contributed by atoms with Crippen molar-refractivity contribution in [1.82, 2.24) is 14.7 Å². The van der Waals surface area contributed by atoms with Gasteiger partial charge < -0.3 is 14.7 Å². The molecule has 1 amide bonds. The number of hydrogen-bond donors (Lipinski definition) is 1. The van der Waals surface area contributed by atoms with Crippen molar-refractivity contribution in [2.45, 2.75) is 37.5 Å². The highest BCUT2D eigenvalue weighted by Gasteiger charge is 2.59. The number of rotatable bonds is 8. The Kier molecular flexibility index (Phi) is 6.72. The Morgan fingerprint density at radius 3 is 2.47 bits per heavy atom. The molecule has 176 valence electrons. The Labute approximate surface area is 179 Å². The molecular formula is C20H21F6N3O3. The largest absolute Gasteiger partial charge is 0.431 e. The van der Waals surface area contributed by atoms with E-state index in [0.717, 1.165) is 4.90 Å². The summed E-state index contributed by atoms with van der Waals surface area (Å²) in [4.78, 5) is 13.1. The first-order chi connectivity index (χ1) is 15.0. The maximum Gasteiger partial charge on any atom is 0.431 e. The quantitative estimate of drug-likeness (QED) is 0.596. The second kappa shape index (κ2) is 9.00. The fraction of sp³-hybridized carbons (Fsp3) is 0.500. The van der Waals surface area contributed by atoms with Gasteiger partial charge >= 0.3 is 18.2 Å². The van der Waals surface area contributed by atoms with Crippen LogP contribution in [-0.2, 0) is 4.74 Å². The zero-order valence-electron chi connectivity index (χ0n) is 16.9. The summed E-state index contributed by atoms with van der Waals surface area (Å²) in [6, 6.07) is 7.41. The molecule has 3 atom stereocenters. The molecule has 12 heteroatoms. The SMILES string of the molecule is CCN(C[C@@H]1C[C@H]1c1ccn(-c2ccc(F)cc2)n1)C(=O)OC(C(F)(F)F)C(F)(F)CO. The lowest BCUT2D eigenvalue weighted by molar-refractivity contribution is -0.276. The van der Waals surface area contributed by atoms with Crippen LogP contribution in [0.3, 0.4) is 0 Å². The van der Waals surface area contributed by atoms with E-state index in [1.807, 2.05) is 0 Å². The molecule has 32 heavy (non-hydrogen) atoms. The number of aliphatic hydroxyl groups is 1. The standard InChI is InChI=1S/C20H21F6N3O3/c1-2-28(18(31)32-17(20(24,25)26)19(22,23)11-30)10-12-9-15(12)16-7-8-29(27-16)14-5-3-13(21)4-6-14/h3-8,12,15,17,30H,2,9-11H2,1H3/t12-,15+,17?/m0/s1. The monoisotopic (exact) mass is 465 g/mol. The fourth-order valence-electron chi connectivity index (χ4n) is 3.35. The minimum absolute atomic E-state index is 0.00131. The smallest absolute Gasteiger partial charge is 0.430 e. The number of aliphatic hydroxyl groups excluding tert-OH is 1. The third kappa shape index (κ3) is 5.34. The van der Waals surface area contributed by atoms with Gasteiger partial charge in [0.2, 0.25) is 0 Å². The third-order valence-corrected chi connectivity index (χ3v) is 5.21. The maximum atomic E-state index is 13.5. The first-order valence-corrected chi connectivity index (χ1v) is 9.78. The van der Waals surface area contributed by atoms with Crippen LogP contribution in [0.4, 0.5) is 31.1 Å². The number of carbonyl (C=O) groups excluding carboxylic acids is 1. The Balaban J connectivity index is 1.62. The summed E-state index contributed by atoms with van der Waals surface area (Å²) in [5.41, 5.74) is 1.32. The average molecular weight is 465 g/mol. The summed E-state index contributed by atoms with van der Waals surface area (Å²) >= 11 is 0. The Hall–Kier alpha value is -2.76. The molecule has 6 nitrogen and oxygen atoms in total. The van der Waals surface area contributed by atoms with Crippen LogP contribution < -0.4 is 0 Å². The zero-order valence-corrected chi connectivity index (χ0v) is 16.9. The molecular weight excluding hydrogens is 444 g/mol. The molecule has 0 radical (unpaired) electrons. The van der Waals surface area contributed by atoms with Crippen molar-refractivity contribution in [3.05, 3.63) is 48.0 Å². The molecule has 1 heterocycles. The molecule has 1 aromatic carbocycles. The van der Waals surface area contributed by atoms with Crippen LogP contribution in [0.5, 0.6) is 0 Å². The van der Waals surface area contributed by atoms with Crippen LogP contribution in [0.2, 0.25) is 0 Å². The molecule has 0 saturated heterocycles. The van der Waals surface area contributed by atoms with Gasteiger partial charge in [-0.25, -0.2) is 13.9 Å². The van der Waals surface area contributed by atoms with Crippen LogP contribution in [0.1, 0.15) is 25.0 Å². The average Bonchev–Trinajstić information content (AvgIpc) is 3.33. The maximum absolute atomic E-state index is 13.5. The summed E-state index contributed by atoms with van der Waals surface area (Å²) in [6.07, 6.45) is -8.56. The highest BCUT2D eigenvalue weighted by molar-refractivity contribution is 5.68. The molecule has 2 aromatic rings. The van der Waals surface area contributed by atoms with Crippen molar-refractivity contribution >= 4 is 6.09 Å². The molecule has 0 aliphatic heterocycles. The van der Waals surface area contributed by atoms with Gasteiger partial charge in [0.25, 0.3) is 6.10 Å². The number of benzene rings is 1. The Morgan fingerprint density at radius 1 is 1.25 bits per heavy atom. The van der Waals surface area contributed by atoms with Gasteiger partial charge in [0, 0.05) is 25.2 Å². The third-order valence-electron chi connectivity index (χ3n) is 5.21. The van der Waals surface area contributed by atoms with E-state index in [1.54, 1.807) is 29.1 Å². The van der Waals surface area contributed by atoms with Crippen LogP contribution in [0, 0.1) is 11.7 Å².